The van der Waals surface area contributed by atoms with Gasteiger partial charge in [0, 0.05) is 5.56 Å². The molecule has 22 heavy (non-hydrogen) atoms. The molecule has 1 fully saturated rings. The highest BCUT2D eigenvalue weighted by atomic mass is 35.5. The Balaban J connectivity index is 2.00. The van der Waals surface area contributed by atoms with Crippen molar-refractivity contribution in [1.29, 1.82) is 0 Å². The normalized spacial score (nSPS) is 16.3. The second kappa shape index (κ2) is 5.87. The van der Waals surface area contributed by atoms with Gasteiger partial charge in [0.1, 0.15) is 11.5 Å². The number of nitrogens with one attached hydrogen (secondary N) is 1. The lowest BCUT2D eigenvalue weighted by Crippen LogP contribution is -2.30. The number of hydrogen-bond donors (Lipinski definition) is 1. The molecule has 0 spiro atoms. The van der Waals surface area contributed by atoms with Gasteiger partial charge >= 0.3 is 0 Å². The number of carbonyl (C=O) groups is 1. The van der Waals surface area contributed by atoms with Gasteiger partial charge in [-0.3, -0.25) is 9.69 Å². The third-order valence-electron chi connectivity index (χ3n) is 3.18. The van der Waals surface area contributed by atoms with E-state index in [0.717, 1.165) is 0 Å². The van der Waals surface area contributed by atoms with Crippen molar-refractivity contribution in [3.05, 3.63) is 70.6 Å². The number of carbonyl (C=O) groups excluding carboxylic acids is 1. The summed E-state index contributed by atoms with van der Waals surface area (Å²) in [7, 11) is 0. The summed E-state index contributed by atoms with van der Waals surface area (Å²) in [6.07, 6.45) is 1.37. The van der Waals surface area contributed by atoms with E-state index >= 15 is 0 Å². The number of anilines is 1. The van der Waals surface area contributed by atoms with Crippen LogP contribution in [0.1, 0.15) is 5.56 Å². The van der Waals surface area contributed by atoms with Crippen LogP contribution < -0.4 is 10.2 Å². The molecule has 3 rings (SSSR count). The molecule has 1 aliphatic rings. The minimum absolute atomic E-state index is 0.151. The SMILES string of the molecule is O=C1/C(=C\c2c(F)cccc2Cl)NC(=S)N1c1ccccc1. The molecule has 0 radical (unpaired) electrons. The molecule has 2 aromatic rings. The van der Waals surface area contributed by atoms with Crippen LogP contribution in [0.4, 0.5) is 10.1 Å². The Morgan fingerprint density at radius 3 is 2.55 bits per heavy atom. The van der Waals surface area contributed by atoms with Crippen LogP contribution >= 0.6 is 23.8 Å². The summed E-state index contributed by atoms with van der Waals surface area (Å²) in [6, 6.07) is 13.3. The number of halogens is 2. The molecule has 0 bridgehead atoms. The maximum absolute atomic E-state index is 13.8. The van der Waals surface area contributed by atoms with Gasteiger partial charge in [0.2, 0.25) is 0 Å². The summed E-state index contributed by atoms with van der Waals surface area (Å²) < 4.78 is 13.8. The van der Waals surface area contributed by atoms with E-state index in [2.05, 4.69) is 5.32 Å². The number of hydrogen-bond acceptors (Lipinski definition) is 2. The van der Waals surface area contributed by atoms with Crippen LogP contribution in [0.5, 0.6) is 0 Å². The number of amides is 1. The average molecular weight is 333 g/mol. The van der Waals surface area contributed by atoms with E-state index < -0.39 is 5.82 Å². The molecule has 0 aliphatic carbocycles. The fraction of sp³-hybridized carbons (Fsp3) is 0. The smallest absolute Gasteiger partial charge is 0.281 e. The van der Waals surface area contributed by atoms with Gasteiger partial charge in [-0.15, -0.1) is 0 Å². The Hall–Kier alpha value is -2.24. The zero-order chi connectivity index (χ0) is 15.7. The van der Waals surface area contributed by atoms with Crippen LogP contribution in [0.25, 0.3) is 6.08 Å². The Kier molecular flexibility index (Phi) is 3.92. The van der Waals surface area contributed by atoms with E-state index in [0.29, 0.717) is 5.69 Å². The first kappa shape index (κ1) is 14.7. The van der Waals surface area contributed by atoms with Crippen LogP contribution in [-0.2, 0) is 4.79 Å². The van der Waals surface area contributed by atoms with Gasteiger partial charge in [0.15, 0.2) is 5.11 Å². The van der Waals surface area contributed by atoms with Gasteiger partial charge in [0.25, 0.3) is 5.91 Å². The minimum Gasteiger partial charge on any atom is -0.327 e. The quantitative estimate of drug-likeness (QED) is 0.671. The van der Waals surface area contributed by atoms with Crippen molar-refractivity contribution in [2.75, 3.05) is 4.90 Å². The number of thiocarbonyl (C=S) groups is 1. The van der Waals surface area contributed by atoms with Crippen LogP contribution in [-0.4, -0.2) is 11.0 Å². The third kappa shape index (κ3) is 2.61. The maximum atomic E-state index is 13.8. The van der Waals surface area contributed by atoms with Gasteiger partial charge in [-0.05, 0) is 42.6 Å². The summed E-state index contributed by atoms with van der Waals surface area (Å²) in [5.74, 6) is -0.853. The minimum atomic E-state index is -0.501. The molecule has 0 atom stereocenters. The van der Waals surface area contributed by atoms with Crippen molar-refractivity contribution in [1.82, 2.24) is 5.32 Å². The topological polar surface area (TPSA) is 32.3 Å². The summed E-state index contributed by atoms with van der Waals surface area (Å²) in [6.45, 7) is 0. The van der Waals surface area contributed by atoms with Crippen LogP contribution in [0.15, 0.2) is 54.2 Å². The Morgan fingerprint density at radius 1 is 1.14 bits per heavy atom. The molecule has 1 amide bonds. The summed E-state index contributed by atoms with van der Waals surface area (Å²) in [5.41, 5.74) is 0.978. The molecular weight excluding hydrogens is 323 g/mol. The first-order chi connectivity index (χ1) is 10.6. The molecule has 0 unspecified atom stereocenters. The highest BCUT2D eigenvalue weighted by Crippen LogP contribution is 2.25. The molecule has 0 saturated carbocycles. The second-order valence-electron chi connectivity index (χ2n) is 4.60. The Morgan fingerprint density at radius 2 is 1.86 bits per heavy atom. The molecule has 3 nitrogen and oxygen atoms in total. The van der Waals surface area contributed by atoms with Crippen LogP contribution in [0.3, 0.4) is 0 Å². The van der Waals surface area contributed by atoms with Gasteiger partial charge in [0.05, 0.1) is 10.7 Å². The number of benzene rings is 2. The molecule has 1 N–H and O–H groups in total. The zero-order valence-corrected chi connectivity index (χ0v) is 12.8. The van der Waals surface area contributed by atoms with Gasteiger partial charge < -0.3 is 5.32 Å². The second-order valence-corrected chi connectivity index (χ2v) is 5.39. The molecule has 110 valence electrons. The number of para-hydroxylation sites is 1. The van der Waals surface area contributed by atoms with Crippen LogP contribution in [0, 0.1) is 5.82 Å². The molecular formula is C16H10ClFN2OS. The van der Waals surface area contributed by atoms with Crippen molar-refractivity contribution in [2.45, 2.75) is 0 Å². The van der Waals surface area contributed by atoms with E-state index in [-0.39, 0.29) is 27.3 Å². The zero-order valence-electron chi connectivity index (χ0n) is 11.2. The molecule has 6 heteroatoms. The third-order valence-corrected chi connectivity index (χ3v) is 3.80. The fourth-order valence-electron chi connectivity index (χ4n) is 2.14. The van der Waals surface area contributed by atoms with E-state index in [1.54, 1.807) is 30.3 Å². The standard InChI is InChI=1S/C16H10ClFN2OS/c17-12-7-4-8-13(18)11(12)9-14-15(21)20(16(22)19-14)10-5-2-1-3-6-10/h1-9H,(H,19,22)/b14-9+. The monoisotopic (exact) mass is 332 g/mol. The predicted octanol–water partition coefficient (Wildman–Crippen LogP) is 3.74. The lowest BCUT2D eigenvalue weighted by molar-refractivity contribution is -0.113. The summed E-state index contributed by atoms with van der Waals surface area (Å²) in [5, 5.41) is 3.27. The Bertz CT molecular complexity index is 772. The molecule has 1 saturated heterocycles. The highest BCUT2D eigenvalue weighted by molar-refractivity contribution is 7.80. The van der Waals surface area contributed by atoms with E-state index in [9.17, 15) is 9.18 Å². The molecule has 0 aromatic heterocycles. The lowest BCUT2D eigenvalue weighted by Gasteiger charge is -2.13. The fourth-order valence-corrected chi connectivity index (χ4v) is 2.66. The van der Waals surface area contributed by atoms with Gasteiger partial charge in [-0.1, -0.05) is 35.9 Å². The van der Waals surface area contributed by atoms with Crippen LogP contribution in [0.2, 0.25) is 5.02 Å². The first-order valence-corrected chi connectivity index (χ1v) is 7.23. The predicted molar refractivity (Wildman–Crippen MR) is 89.0 cm³/mol. The first-order valence-electron chi connectivity index (χ1n) is 6.44. The Labute approximate surface area is 137 Å². The number of rotatable bonds is 2. The highest BCUT2D eigenvalue weighted by Gasteiger charge is 2.32. The van der Waals surface area contributed by atoms with Gasteiger partial charge in [-0.25, -0.2) is 4.39 Å². The molecule has 1 aliphatic heterocycles. The van der Waals surface area contributed by atoms with E-state index in [1.165, 1.54) is 23.1 Å². The number of nitrogens with zero attached hydrogens (tertiary/aromatic N) is 1. The average Bonchev–Trinajstić information content (AvgIpc) is 2.78. The van der Waals surface area contributed by atoms with E-state index in [1.807, 2.05) is 6.07 Å². The van der Waals surface area contributed by atoms with Crippen molar-refractivity contribution in [3.8, 4) is 0 Å². The lowest BCUT2D eigenvalue weighted by atomic mass is 10.1. The van der Waals surface area contributed by atoms with Crippen molar-refractivity contribution >= 4 is 46.6 Å². The summed E-state index contributed by atoms with van der Waals surface area (Å²) >= 11 is 11.2. The maximum Gasteiger partial charge on any atom is 0.281 e. The van der Waals surface area contributed by atoms with Crippen molar-refractivity contribution < 1.29 is 9.18 Å². The van der Waals surface area contributed by atoms with Crippen molar-refractivity contribution in [2.24, 2.45) is 0 Å². The van der Waals surface area contributed by atoms with Crippen molar-refractivity contribution in [3.63, 3.8) is 0 Å². The van der Waals surface area contributed by atoms with Gasteiger partial charge in [-0.2, -0.15) is 0 Å². The van der Waals surface area contributed by atoms with E-state index in [4.69, 9.17) is 23.8 Å². The molecule has 1 heterocycles. The largest absolute Gasteiger partial charge is 0.327 e. The molecule has 2 aromatic carbocycles. The summed E-state index contributed by atoms with van der Waals surface area (Å²) in [4.78, 5) is 13.8.